The lowest BCUT2D eigenvalue weighted by molar-refractivity contribution is -0.142. The number of rotatable bonds is 5. The molecule has 0 bridgehead atoms. The number of ether oxygens (including phenoxy) is 2. The van der Waals surface area contributed by atoms with Gasteiger partial charge in [0.15, 0.2) is 0 Å². The van der Waals surface area contributed by atoms with Crippen molar-refractivity contribution in [2.45, 2.75) is 66.7 Å². The minimum absolute atomic E-state index is 0.170. The van der Waals surface area contributed by atoms with Gasteiger partial charge in [0.2, 0.25) is 0 Å². The molecule has 0 amide bonds. The Kier molecular flexibility index (Phi) is 6.33. The van der Waals surface area contributed by atoms with E-state index in [9.17, 15) is 9.59 Å². The lowest BCUT2D eigenvalue weighted by atomic mass is 10.1. The summed E-state index contributed by atoms with van der Waals surface area (Å²) in [6.45, 7) is 13.1. The van der Waals surface area contributed by atoms with Gasteiger partial charge in [0, 0.05) is 12.5 Å². The van der Waals surface area contributed by atoms with Gasteiger partial charge in [-0.05, 0) is 70.4 Å². The summed E-state index contributed by atoms with van der Waals surface area (Å²) >= 11 is 0. The van der Waals surface area contributed by atoms with E-state index in [-0.39, 0.29) is 24.1 Å². The first-order chi connectivity index (χ1) is 10.5. The Bertz CT molecular complexity index is 564. The third kappa shape index (κ3) is 6.40. The highest BCUT2D eigenvalue weighted by molar-refractivity contribution is 5.78. The highest BCUT2D eigenvalue weighted by Crippen LogP contribution is 2.25. The minimum Gasteiger partial charge on any atom is -0.461 e. The molecule has 1 N–H and O–H groups in total. The van der Waals surface area contributed by atoms with E-state index in [0.717, 1.165) is 16.7 Å². The molecule has 0 saturated carbocycles. The van der Waals surface area contributed by atoms with Gasteiger partial charge in [-0.25, -0.2) is 4.79 Å². The van der Waals surface area contributed by atoms with Crippen LogP contribution in [-0.4, -0.2) is 23.5 Å². The molecule has 0 fully saturated rings. The van der Waals surface area contributed by atoms with Gasteiger partial charge in [-0.2, -0.15) is 0 Å². The molecule has 23 heavy (non-hydrogen) atoms. The first kappa shape index (κ1) is 19.2. The van der Waals surface area contributed by atoms with Crippen molar-refractivity contribution in [1.29, 1.82) is 0 Å². The van der Waals surface area contributed by atoms with Crippen molar-refractivity contribution < 1.29 is 19.1 Å². The second-order valence-corrected chi connectivity index (χ2v) is 6.88. The quantitative estimate of drug-likeness (QED) is 0.667. The molecule has 5 nitrogen and oxygen atoms in total. The van der Waals surface area contributed by atoms with Crippen LogP contribution in [0.1, 0.15) is 51.3 Å². The van der Waals surface area contributed by atoms with Crippen molar-refractivity contribution in [3.05, 3.63) is 28.8 Å². The maximum absolute atomic E-state index is 12.2. The summed E-state index contributed by atoms with van der Waals surface area (Å²) in [5.41, 5.74) is 2.37. The van der Waals surface area contributed by atoms with Crippen LogP contribution in [0.25, 0.3) is 0 Å². The zero-order valence-electron chi connectivity index (χ0n) is 15.1. The van der Waals surface area contributed by atoms with Gasteiger partial charge in [0.1, 0.15) is 18.4 Å². The Balaban J connectivity index is 2.84. The van der Waals surface area contributed by atoms with Crippen molar-refractivity contribution in [3.8, 4) is 5.75 Å². The number of benzene rings is 1. The summed E-state index contributed by atoms with van der Waals surface area (Å²) in [6, 6.07) is 3.32. The fourth-order valence-corrected chi connectivity index (χ4v) is 2.37. The van der Waals surface area contributed by atoms with Crippen LogP contribution in [0.4, 0.5) is 0 Å². The van der Waals surface area contributed by atoms with Gasteiger partial charge in [-0.15, -0.1) is 0 Å². The molecule has 128 valence electrons. The van der Waals surface area contributed by atoms with Crippen LogP contribution in [0.5, 0.6) is 5.75 Å². The molecule has 1 rings (SSSR count). The fourth-order valence-electron chi connectivity index (χ4n) is 2.37. The average Bonchev–Trinajstić information content (AvgIpc) is 2.38. The Morgan fingerprint density at radius 2 is 1.70 bits per heavy atom. The number of aryl methyl sites for hydroxylation is 2. The normalized spacial score (nSPS) is 12.7. The fraction of sp³-hybridized carbons (Fsp3) is 0.556. The molecule has 1 atom stereocenters. The standard InChI is InChI=1S/C18H27NO4/c1-11-8-15(10-22-14(4)20)9-12(2)16(11)23-17(21)13(3)19-18(5,6)7/h8-9,13,19H,10H2,1-7H3. The molecule has 0 spiro atoms. The zero-order valence-corrected chi connectivity index (χ0v) is 15.1. The van der Waals surface area contributed by atoms with E-state index in [2.05, 4.69) is 5.32 Å². The van der Waals surface area contributed by atoms with Crippen molar-refractivity contribution in [1.82, 2.24) is 5.32 Å². The Labute approximate surface area is 138 Å². The van der Waals surface area contributed by atoms with Gasteiger partial charge in [0.25, 0.3) is 0 Å². The van der Waals surface area contributed by atoms with Gasteiger partial charge in [-0.3, -0.25) is 10.1 Å². The molecule has 0 aliphatic heterocycles. The number of hydrogen-bond donors (Lipinski definition) is 1. The molecule has 0 radical (unpaired) electrons. The van der Waals surface area contributed by atoms with Crippen molar-refractivity contribution >= 4 is 11.9 Å². The third-order valence-corrected chi connectivity index (χ3v) is 3.17. The molecule has 5 heteroatoms. The van der Waals surface area contributed by atoms with E-state index in [1.54, 1.807) is 6.92 Å². The maximum atomic E-state index is 12.2. The van der Waals surface area contributed by atoms with Gasteiger partial charge >= 0.3 is 11.9 Å². The summed E-state index contributed by atoms with van der Waals surface area (Å²) < 4.78 is 10.6. The summed E-state index contributed by atoms with van der Waals surface area (Å²) in [5.74, 6) is -0.0825. The van der Waals surface area contributed by atoms with Crippen LogP contribution in [0, 0.1) is 13.8 Å². The lowest BCUT2D eigenvalue weighted by Crippen LogP contribution is -2.47. The maximum Gasteiger partial charge on any atom is 0.328 e. The second kappa shape index (κ2) is 7.59. The molecule has 1 unspecified atom stereocenters. The highest BCUT2D eigenvalue weighted by atomic mass is 16.5. The van der Waals surface area contributed by atoms with Crippen LogP contribution < -0.4 is 10.1 Å². The van der Waals surface area contributed by atoms with E-state index in [4.69, 9.17) is 9.47 Å². The van der Waals surface area contributed by atoms with Crippen molar-refractivity contribution in [2.75, 3.05) is 0 Å². The largest absolute Gasteiger partial charge is 0.461 e. The Morgan fingerprint density at radius 3 is 2.13 bits per heavy atom. The van der Waals surface area contributed by atoms with Gasteiger partial charge < -0.3 is 9.47 Å². The summed E-state index contributed by atoms with van der Waals surface area (Å²) in [7, 11) is 0. The Hall–Kier alpha value is -1.88. The first-order valence-electron chi connectivity index (χ1n) is 7.72. The van der Waals surface area contributed by atoms with Crippen LogP contribution in [-0.2, 0) is 20.9 Å². The zero-order chi connectivity index (χ0) is 17.8. The molecule has 1 aromatic rings. The monoisotopic (exact) mass is 321 g/mol. The number of esters is 2. The van der Waals surface area contributed by atoms with E-state index < -0.39 is 6.04 Å². The van der Waals surface area contributed by atoms with E-state index in [1.165, 1.54) is 6.92 Å². The molecule has 1 aromatic carbocycles. The molecule has 0 saturated heterocycles. The molecule has 0 aromatic heterocycles. The highest BCUT2D eigenvalue weighted by Gasteiger charge is 2.22. The summed E-state index contributed by atoms with van der Waals surface area (Å²) in [4.78, 5) is 23.1. The van der Waals surface area contributed by atoms with Crippen LogP contribution in [0.3, 0.4) is 0 Å². The van der Waals surface area contributed by atoms with Crippen molar-refractivity contribution in [2.24, 2.45) is 0 Å². The van der Waals surface area contributed by atoms with E-state index >= 15 is 0 Å². The summed E-state index contributed by atoms with van der Waals surface area (Å²) in [6.07, 6.45) is 0. The van der Waals surface area contributed by atoms with Crippen molar-refractivity contribution in [3.63, 3.8) is 0 Å². The number of hydrogen-bond acceptors (Lipinski definition) is 5. The summed E-state index contributed by atoms with van der Waals surface area (Å²) in [5, 5.41) is 3.19. The third-order valence-electron chi connectivity index (χ3n) is 3.17. The SMILES string of the molecule is CC(=O)OCc1cc(C)c(OC(=O)C(C)NC(C)(C)C)c(C)c1. The molecule has 0 heterocycles. The lowest BCUT2D eigenvalue weighted by Gasteiger charge is -2.25. The predicted octanol–water partition coefficient (Wildman–Crippen LogP) is 3.05. The van der Waals surface area contributed by atoms with Gasteiger partial charge in [-0.1, -0.05) is 0 Å². The minimum atomic E-state index is -0.408. The second-order valence-electron chi connectivity index (χ2n) is 6.88. The molecule has 0 aliphatic carbocycles. The van der Waals surface area contributed by atoms with E-state index in [0.29, 0.717) is 5.75 Å². The number of carbonyl (C=O) groups is 2. The van der Waals surface area contributed by atoms with Crippen LogP contribution >= 0.6 is 0 Å². The predicted molar refractivity (Wildman–Crippen MR) is 89.4 cm³/mol. The van der Waals surface area contributed by atoms with E-state index in [1.807, 2.05) is 46.8 Å². The average molecular weight is 321 g/mol. The smallest absolute Gasteiger partial charge is 0.328 e. The van der Waals surface area contributed by atoms with Crippen LogP contribution in [0.2, 0.25) is 0 Å². The topological polar surface area (TPSA) is 64.6 Å². The van der Waals surface area contributed by atoms with Crippen LogP contribution in [0.15, 0.2) is 12.1 Å². The Morgan fingerprint density at radius 1 is 1.17 bits per heavy atom. The number of carbonyl (C=O) groups excluding carboxylic acids is 2. The first-order valence-corrected chi connectivity index (χ1v) is 7.72. The number of nitrogens with one attached hydrogen (secondary N) is 1. The molecular weight excluding hydrogens is 294 g/mol. The molecular formula is C18H27NO4. The molecule has 0 aliphatic rings. The van der Waals surface area contributed by atoms with Gasteiger partial charge in [0.05, 0.1) is 0 Å².